The normalized spacial score (nSPS) is 14.7. The smallest absolute Gasteiger partial charge is 0.410 e. The van der Waals surface area contributed by atoms with Gasteiger partial charge in [-0.05, 0) is 76.1 Å². The van der Waals surface area contributed by atoms with Gasteiger partial charge < -0.3 is 19.4 Å². The number of hydrogen-bond donors (Lipinski definition) is 2. The summed E-state index contributed by atoms with van der Waals surface area (Å²) in [5.41, 5.74) is 1.36. The summed E-state index contributed by atoms with van der Waals surface area (Å²) in [5.74, 6) is -0.930. The Bertz CT molecular complexity index is 1560. The summed E-state index contributed by atoms with van der Waals surface area (Å²) in [5, 5.41) is 3.06. The van der Waals surface area contributed by atoms with Gasteiger partial charge in [0, 0.05) is 45.3 Å². The number of sulfonamides is 1. The van der Waals surface area contributed by atoms with E-state index in [-0.39, 0.29) is 35.4 Å². The summed E-state index contributed by atoms with van der Waals surface area (Å²) < 4.78 is 53.6. The molecule has 0 unspecified atom stereocenters. The van der Waals surface area contributed by atoms with Crippen molar-refractivity contribution in [3.05, 3.63) is 53.0 Å². The SMILES string of the molecule is CCc1cc2c(C(=O)NC)c(-c3ccc(F)cc3)oc2nc1CS(=O)(=O)NCCCN1CCN(C(=O)OC(C)(C)C)CC1. The Kier molecular flexibility index (Phi) is 10.1. The molecular formula is C30H40FN5O6S. The van der Waals surface area contributed by atoms with E-state index in [0.717, 1.165) is 0 Å². The molecule has 1 aromatic carbocycles. The molecule has 11 nitrogen and oxygen atoms in total. The first-order chi connectivity index (χ1) is 20.3. The highest BCUT2D eigenvalue weighted by atomic mass is 32.2. The van der Waals surface area contributed by atoms with Crippen LogP contribution < -0.4 is 10.0 Å². The minimum Gasteiger partial charge on any atom is -0.444 e. The number of carbonyl (C=O) groups excluding carboxylic acids is 2. The van der Waals surface area contributed by atoms with Crippen LogP contribution in [0.3, 0.4) is 0 Å². The highest BCUT2D eigenvalue weighted by Gasteiger charge is 2.27. The van der Waals surface area contributed by atoms with Gasteiger partial charge in [-0.25, -0.2) is 27.3 Å². The average Bonchev–Trinajstić information content (AvgIpc) is 3.32. The van der Waals surface area contributed by atoms with E-state index in [1.165, 1.54) is 31.3 Å². The van der Waals surface area contributed by atoms with Crippen molar-refractivity contribution in [2.45, 2.75) is 51.9 Å². The number of aryl methyl sites for hydroxylation is 1. The maximum Gasteiger partial charge on any atom is 0.410 e. The summed E-state index contributed by atoms with van der Waals surface area (Å²) in [4.78, 5) is 33.5. The first-order valence-corrected chi connectivity index (χ1v) is 16.1. The molecule has 3 aromatic rings. The molecule has 1 aliphatic heterocycles. The predicted octanol–water partition coefficient (Wildman–Crippen LogP) is 3.92. The number of furan rings is 1. The molecule has 4 rings (SSSR count). The Morgan fingerprint density at radius 2 is 1.79 bits per heavy atom. The van der Waals surface area contributed by atoms with Crippen molar-refractivity contribution in [1.29, 1.82) is 0 Å². The number of pyridine rings is 1. The first-order valence-electron chi connectivity index (χ1n) is 14.4. The summed E-state index contributed by atoms with van der Waals surface area (Å²) >= 11 is 0. The van der Waals surface area contributed by atoms with Crippen LogP contribution in [0.2, 0.25) is 0 Å². The lowest BCUT2D eigenvalue weighted by Crippen LogP contribution is -2.50. The number of nitrogens with one attached hydrogen (secondary N) is 2. The van der Waals surface area contributed by atoms with Crippen LogP contribution in [0.1, 0.15) is 55.7 Å². The Hall–Kier alpha value is -3.55. The zero-order valence-electron chi connectivity index (χ0n) is 25.3. The van der Waals surface area contributed by atoms with Gasteiger partial charge in [0.2, 0.25) is 15.7 Å². The Morgan fingerprint density at radius 1 is 1.12 bits per heavy atom. The molecule has 0 bridgehead atoms. The van der Waals surface area contributed by atoms with Crippen LogP contribution in [-0.4, -0.2) is 87.1 Å². The van der Waals surface area contributed by atoms with Crippen molar-refractivity contribution < 1.29 is 31.6 Å². The maximum absolute atomic E-state index is 13.5. The van der Waals surface area contributed by atoms with E-state index >= 15 is 0 Å². The molecule has 3 heterocycles. The number of aromatic nitrogens is 1. The minimum absolute atomic E-state index is 0.130. The molecule has 1 aliphatic rings. The molecule has 1 fully saturated rings. The highest BCUT2D eigenvalue weighted by molar-refractivity contribution is 7.88. The van der Waals surface area contributed by atoms with Crippen LogP contribution in [0.25, 0.3) is 22.4 Å². The van der Waals surface area contributed by atoms with Crippen molar-refractivity contribution in [2.24, 2.45) is 0 Å². The van der Waals surface area contributed by atoms with Crippen LogP contribution in [-0.2, 0) is 26.9 Å². The third kappa shape index (κ3) is 8.30. The third-order valence-corrected chi connectivity index (χ3v) is 8.41. The molecule has 0 saturated carbocycles. The number of rotatable bonds is 10. The topological polar surface area (TPSA) is 134 Å². The van der Waals surface area contributed by atoms with E-state index in [1.807, 2.05) is 27.7 Å². The number of amides is 2. The number of nitrogens with zero attached hydrogens (tertiary/aromatic N) is 3. The second-order valence-electron chi connectivity index (χ2n) is 11.5. The Morgan fingerprint density at radius 3 is 2.40 bits per heavy atom. The number of halogens is 1. The van der Waals surface area contributed by atoms with Crippen LogP contribution >= 0.6 is 0 Å². The summed E-state index contributed by atoms with van der Waals surface area (Å²) in [7, 11) is -2.22. The first kappa shape index (κ1) is 32.4. The van der Waals surface area contributed by atoms with Gasteiger partial charge in [-0.15, -0.1) is 0 Å². The van der Waals surface area contributed by atoms with E-state index in [4.69, 9.17) is 9.15 Å². The molecule has 234 valence electrons. The quantitative estimate of drug-likeness (QED) is 0.327. The standard InChI is InChI=1S/C30H40FN5O6S/c1-6-20-18-23-25(27(37)32-5)26(21-8-10-22(31)11-9-21)41-28(23)34-24(20)19-43(39,40)33-12-7-13-35-14-16-36(17-15-35)29(38)42-30(2,3)4/h8-11,18,33H,6-7,12-17,19H2,1-5H3,(H,32,37). The number of benzene rings is 1. The fourth-order valence-electron chi connectivity index (χ4n) is 4.93. The van der Waals surface area contributed by atoms with Gasteiger partial charge in [-0.1, -0.05) is 6.92 Å². The largest absolute Gasteiger partial charge is 0.444 e. The van der Waals surface area contributed by atoms with Crippen molar-refractivity contribution in [2.75, 3.05) is 46.3 Å². The van der Waals surface area contributed by atoms with Gasteiger partial charge in [0.25, 0.3) is 5.91 Å². The molecule has 0 spiro atoms. The maximum atomic E-state index is 13.5. The second-order valence-corrected chi connectivity index (χ2v) is 13.3. The lowest BCUT2D eigenvalue weighted by molar-refractivity contribution is 0.0144. The number of fused-ring (bicyclic) bond motifs is 1. The van der Waals surface area contributed by atoms with Gasteiger partial charge in [-0.2, -0.15) is 0 Å². The van der Waals surface area contributed by atoms with Crippen molar-refractivity contribution in [3.63, 3.8) is 0 Å². The van der Waals surface area contributed by atoms with E-state index in [0.29, 0.717) is 67.8 Å². The highest BCUT2D eigenvalue weighted by Crippen LogP contribution is 2.34. The van der Waals surface area contributed by atoms with E-state index in [2.05, 4.69) is 19.9 Å². The Balaban J connectivity index is 1.39. The summed E-state index contributed by atoms with van der Waals surface area (Å²) in [6.45, 7) is 10.9. The van der Waals surface area contributed by atoms with Gasteiger partial charge in [-0.3, -0.25) is 9.69 Å². The molecule has 0 radical (unpaired) electrons. The number of ether oxygens (including phenoxy) is 1. The zero-order valence-corrected chi connectivity index (χ0v) is 26.1. The molecule has 13 heteroatoms. The molecule has 2 amide bonds. The Labute approximate surface area is 251 Å². The van der Waals surface area contributed by atoms with Crippen LogP contribution in [0.4, 0.5) is 9.18 Å². The zero-order chi connectivity index (χ0) is 31.4. The monoisotopic (exact) mass is 617 g/mol. The third-order valence-electron chi connectivity index (χ3n) is 7.12. The predicted molar refractivity (Wildman–Crippen MR) is 162 cm³/mol. The van der Waals surface area contributed by atoms with Gasteiger partial charge >= 0.3 is 6.09 Å². The number of hydrogen-bond acceptors (Lipinski definition) is 8. The lowest BCUT2D eigenvalue weighted by atomic mass is 10.0. The fraction of sp³-hybridized carbons (Fsp3) is 0.500. The van der Waals surface area contributed by atoms with Crippen molar-refractivity contribution in [1.82, 2.24) is 24.8 Å². The molecule has 1 saturated heterocycles. The summed E-state index contributed by atoms with van der Waals surface area (Å²) in [6.07, 6.45) is 0.782. The molecule has 0 aliphatic carbocycles. The lowest BCUT2D eigenvalue weighted by Gasteiger charge is -2.35. The van der Waals surface area contributed by atoms with Crippen LogP contribution in [0.15, 0.2) is 34.7 Å². The van der Waals surface area contributed by atoms with Crippen molar-refractivity contribution >= 4 is 33.1 Å². The molecular weight excluding hydrogens is 577 g/mol. The van der Waals surface area contributed by atoms with Gasteiger partial charge in [0.1, 0.15) is 22.9 Å². The van der Waals surface area contributed by atoms with E-state index in [9.17, 15) is 22.4 Å². The summed E-state index contributed by atoms with van der Waals surface area (Å²) in [6, 6.07) is 7.31. The van der Waals surface area contributed by atoms with Gasteiger partial charge in [0.05, 0.1) is 16.6 Å². The van der Waals surface area contributed by atoms with Crippen LogP contribution in [0.5, 0.6) is 0 Å². The molecule has 43 heavy (non-hydrogen) atoms. The number of carbonyl (C=O) groups is 2. The van der Waals surface area contributed by atoms with Gasteiger partial charge in [0.15, 0.2) is 0 Å². The van der Waals surface area contributed by atoms with E-state index in [1.54, 1.807) is 11.0 Å². The minimum atomic E-state index is -3.72. The van der Waals surface area contributed by atoms with Crippen molar-refractivity contribution in [3.8, 4) is 11.3 Å². The van der Waals surface area contributed by atoms with E-state index < -0.39 is 27.3 Å². The van der Waals surface area contributed by atoms with Crippen LogP contribution in [0, 0.1) is 5.82 Å². The molecule has 0 atom stereocenters. The fourth-order valence-corrected chi connectivity index (χ4v) is 6.10. The second kappa shape index (κ2) is 13.4. The average molecular weight is 618 g/mol. The molecule has 2 aromatic heterocycles. The number of piperazine rings is 1. The molecule has 2 N–H and O–H groups in total.